The van der Waals surface area contributed by atoms with E-state index in [2.05, 4.69) is 0 Å². The van der Waals surface area contributed by atoms with Gasteiger partial charge in [0.1, 0.15) is 0 Å². The molecular weight excluding hydrogens is 192 g/mol. The van der Waals surface area contributed by atoms with Crippen LogP contribution >= 0.6 is 0 Å². The second-order valence-electron chi connectivity index (χ2n) is 2.56. The third-order valence-electron chi connectivity index (χ3n) is 1.54. The summed E-state index contributed by atoms with van der Waals surface area (Å²) in [6.45, 7) is 1.32. The number of carbonyl (C=O) groups is 1. The number of hydrogen-bond donors (Lipinski definition) is 1. The summed E-state index contributed by atoms with van der Waals surface area (Å²) >= 11 is 0. The number of Topliss-reactive ketones (excluding diaryl/α,β-unsaturated/α-hetero) is 1. The van der Waals surface area contributed by atoms with Crippen molar-refractivity contribution < 1.29 is 17.8 Å². The van der Waals surface area contributed by atoms with Gasteiger partial charge in [0.05, 0.1) is 4.90 Å². The Bertz CT molecular complexity index is 433. The van der Waals surface area contributed by atoms with Crippen LogP contribution in [0.15, 0.2) is 29.2 Å². The minimum Gasteiger partial charge on any atom is -0.295 e. The van der Waals surface area contributed by atoms with Crippen molar-refractivity contribution in [2.75, 3.05) is 0 Å². The van der Waals surface area contributed by atoms with Gasteiger partial charge in [0.25, 0.3) is 10.1 Å². The van der Waals surface area contributed by atoms with Crippen molar-refractivity contribution in [2.24, 2.45) is 0 Å². The minimum atomic E-state index is -4.21. The average molecular weight is 200 g/mol. The predicted octanol–water partition coefficient (Wildman–Crippen LogP) is 1.14. The first-order valence-corrected chi connectivity index (χ1v) is 4.94. The summed E-state index contributed by atoms with van der Waals surface area (Å²) in [7, 11) is -4.21. The van der Waals surface area contributed by atoms with Crippen LogP contribution in [-0.2, 0) is 10.1 Å². The van der Waals surface area contributed by atoms with E-state index in [1.54, 1.807) is 0 Å². The highest BCUT2D eigenvalue weighted by Gasteiger charge is 2.10. The fourth-order valence-electron chi connectivity index (χ4n) is 0.876. The van der Waals surface area contributed by atoms with E-state index in [-0.39, 0.29) is 16.2 Å². The SMILES string of the molecule is CC(=O)c1cccc(S(=O)(=O)O)c1. The minimum absolute atomic E-state index is 0.245. The Morgan fingerprint density at radius 3 is 2.46 bits per heavy atom. The number of hydrogen-bond acceptors (Lipinski definition) is 3. The van der Waals surface area contributed by atoms with Gasteiger partial charge in [0.15, 0.2) is 5.78 Å². The Balaban J connectivity index is 3.29. The molecule has 0 aliphatic rings. The largest absolute Gasteiger partial charge is 0.295 e. The number of rotatable bonds is 2. The molecule has 5 heteroatoms. The summed E-state index contributed by atoms with van der Waals surface area (Å²) in [5.41, 5.74) is 0.259. The van der Waals surface area contributed by atoms with Crippen LogP contribution in [0.2, 0.25) is 0 Å². The zero-order valence-corrected chi connectivity index (χ0v) is 7.71. The van der Waals surface area contributed by atoms with Gasteiger partial charge in [-0.3, -0.25) is 9.35 Å². The molecule has 0 aromatic heterocycles. The van der Waals surface area contributed by atoms with Crippen LogP contribution in [0.5, 0.6) is 0 Å². The van der Waals surface area contributed by atoms with Crippen LogP contribution in [0.25, 0.3) is 0 Å². The van der Waals surface area contributed by atoms with Crippen LogP contribution < -0.4 is 0 Å². The fraction of sp³-hybridized carbons (Fsp3) is 0.125. The summed E-state index contributed by atoms with van der Waals surface area (Å²) in [4.78, 5) is 10.6. The van der Waals surface area contributed by atoms with E-state index in [0.29, 0.717) is 0 Å². The Hall–Kier alpha value is -1.20. The van der Waals surface area contributed by atoms with Crippen molar-refractivity contribution in [3.05, 3.63) is 29.8 Å². The molecule has 0 aliphatic carbocycles. The maximum absolute atomic E-state index is 10.8. The topological polar surface area (TPSA) is 71.4 Å². The summed E-state index contributed by atoms with van der Waals surface area (Å²) < 4.78 is 30.0. The van der Waals surface area contributed by atoms with Gasteiger partial charge < -0.3 is 0 Å². The van der Waals surface area contributed by atoms with Gasteiger partial charge in [0, 0.05) is 5.56 Å². The van der Waals surface area contributed by atoms with E-state index >= 15 is 0 Å². The Morgan fingerprint density at radius 1 is 1.38 bits per heavy atom. The van der Waals surface area contributed by atoms with E-state index in [0.717, 1.165) is 6.07 Å². The summed E-state index contributed by atoms with van der Waals surface area (Å²) in [5, 5.41) is 0. The van der Waals surface area contributed by atoms with Crippen LogP contribution in [0, 0.1) is 0 Å². The van der Waals surface area contributed by atoms with Crippen LogP contribution in [0.3, 0.4) is 0 Å². The van der Waals surface area contributed by atoms with Gasteiger partial charge in [-0.05, 0) is 19.1 Å². The maximum atomic E-state index is 10.8. The van der Waals surface area contributed by atoms with Crippen LogP contribution in [0.1, 0.15) is 17.3 Å². The summed E-state index contributed by atoms with van der Waals surface area (Å²) in [6, 6.07) is 5.25. The fourth-order valence-corrected chi connectivity index (χ4v) is 1.40. The van der Waals surface area contributed by atoms with Crippen molar-refractivity contribution in [3.8, 4) is 0 Å². The lowest BCUT2D eigenvalue weighted by molar-refractivity contribution is 0.101. The number of ketones is 1. The predicted molar refractivity (Wildman–Crippen MR) is 46.3 cm³/mol. The van der Waals surface area contributed by atoms with Crippen molar-refractivity contribution >= 4 is 15.9 Å². The van der Waals surface area contributed by atoms with Gasteiger partial charge in [-0.2, -0.15) is 8.42 Å². The molecule has 0 atom stereocenters. The Kier molecular flexibility index (Phi) is 2.49. The van der Waals surface area contributed by atoms with Gasteiger partial charge in [-0.25, -0.2) is 0 Å². The van der Waals surface area contributed by atoms with Crippen molar-refractivity contribution in [2.45, 2.75) is 11.8 Å². The average Bonchev–Trinajstić information content (AvgIpc) is 2.03. The molecule has 0 radical (unpaired) electrons. The third-order valence-corrected chi connectivity index (χ3v) is 2.39. The lowest BCUT2D eigenvalue weighted by atomic mass is 10.2. The zero-order chi connectivity index (χ0) is 10.1. The van der Waals surface area contributed by atoms with E-state index in [9.17, 15) is 13.2 Å². The molecule has 0 aliphatic heterocycles. The lowest BCUT2D eigenvalue weighted by Gasteiger charge is -1.98. The molecule has 0 saturated heterocycles. The molecule has 0 unspecified atom stereocenters. The monoisotopic (exact) mass is 200 g/mol. The first-order valence-electron chi connectivity index (χ1n) is 3.50. The first-order chi connectivity index (χ1) is 5.91. The highest BCUT2D eigenvalue weighted by atomic mass is 32.2. The van der Waals surface area contributed by atoms with Crippen LogP contribution in [0.4, 0.5) is 0 Å². The maximum Gasteiger partial charge on any atom is 0.294 e. The highest BCUT2D eigenvalue weighted by Crippen LogP contribution is 2.11. The van der Waals surface area contributed by atoms with E-state index in [1.165, 1.54) is 25.1 Å². The smallest absolute Gasteiger partial charge is 0.294 e. The van der Waals surface area contributed by atoms with Crippen molar-refractivity contribution in [1.29, 1.82) is 0 Å². The molecule has 1 aromatic rings. The normalized spacial score (nSPS) is 11.2. The molecule has 70 valence electrons. The molecule has 0 heterocycles. The standard InChI is InChI=1S/C8H8O4S/c1-6(9)7-3-2-4-8(5-7)13(10,11)12/h2-5H,1H3,(H,10,11,12). The summed E-state index contributed by atoms with van der Waals surface area (Å²) in [6.07, 6.45) is 0. The van der Waals surface area contributed by atoms with Crippen molar-refractivity contribution in [1.82, 2.24) is 0 Å². The van der Waals surface area contributed by atoms with E-state index in [4.69, 9.17) is 4.55 Å². The summed E-state index contributed by atoms with van der Waals surface area (Å²) in [5.74, 6) is -0.245. The Morgan fingerprint density at radius 2 is 2.00 bits per heavy atom. The van der Waals surface area contributed by atoms with Gasteiger partial charge in [-0.1, -0.05) is 12.1 Å². The highest BCUT2D eigenvalue weighted by molar-refractivity contribution is 7.85. The van der Waals surface area contributed by atoms with Gasteiger partial charge >= 0.3 is 0 Å². The van der Waals surface area contributed by atoms with Crippen molar-refractivity contribution in [3.63, 3.8) is 0 Å². The Labute approximate surface area is 76.0 Å². The quantitative estimate of drug-likeness (QED) is 0.574. The molecule has 0 bridgehead atoms. The third kappa shape index (κ3) is 2.37. The molecule has 0 amide bonds. The molecule has 1 N–H and O–H groups in total. The molecule has 0 fully saturated rings. The molecule has 1 aromatic carbocycles. The van der Waals surface area contributed by atoms with Gasteiger partial charge in [0.2, 0.25) is 0 Å². The molecule has 0 saturated carbocycles. The molecule has 13 heavy (non-hydrogen) atoms. The molecule has 1 rings (SSSR count). The second kappa shape index (κ2) is 3.27. The van der Waals surface area contributed by atoms with E-state index < -0.39 is 10.1 Å². The zero-order valence-electron chi connectivity index (χ0n) is 6.89. The number of carbonyl (C=O) groups excluding carboxylic acids is 1. The molecule has 4 nitrogen and oxygen atoms in total. The lowest BCUT2D eigenvalue weighted by Crippen LogP contribution is -2.00. The molecular formula is C8H8O4S. The van der Waals surface area contributed by atoms with E-state index in [1.807, 2.05) is 0 Å². The molecule has 0 spiro atoms. The second-order valence-corrected chi connectivity index (χ2v) is 3.98. The number of benzene rings is 1. The van der Waals surface area contributed by atoms with Crippen LogP contribution in [-0.4, -0.2) is 18.8 Å². The van der Waals surface area contributed by atoms with Gasteiger partial charge in [-0.15, -0.1) is 0 Å². The first kappa shape index (κ1) is 9.88.